The van der Waals surface area contributed by atoms with Crippen LogP contribution in [0.4, 0.5) is 11.4 Å². The molecule has 28 heavy (non-hydrogen) atoms. The molecule has 142 valence electrons. The molecule has 1 N–H and O–H groups in total. The van der Waals surface area contributed by atoms with Gasteiger partial charge in [-0.3, -0.25) is 14.6 Å². The smallest absolute Gasteiger partial charge is 0.258 e. The molecule has 2 aromatic carbocycles. The largest absolute Gasteiger partial charge is 0.322 e. The summed E-state index contributed by atoms with van der Waals surface area (Å²) in [6.45, 7) is 2.75. The van der Waals surface area contributed by atoms with Crippen LogP contribution in [-0.2, 0) is 0 Å². The van der Waals surface area contributed by atoms with Gasteiger partial charge in [-0.2, -0.15) is 0 Å². The summed E-state index contributed by atoms with van der Waals surface area (Å²) in [7, 11) is 0. The van der Waals surface area contributed by atoms with Gasteiger partial charge in [-0.1, -0.05) is 37.6 Å². The van der Waals surface area contributed by atoms with Gasteiger partial charge < -0.3 is 10.2 Å². The summed E-state index contributed by atoms with van der Waals surface area (Å²) in [4.78, 5) is 31.2. The number of aromatic nitrogens is 1. The molecule has 1 aromatic heterocycles. The molecule has 0 aliphatic carbocycles. The lowest BCUT2D eigenvalue weighted by Gasteiger charge is -2.23. The van der Waals surface area contributed by atoms with Crippen LogP contribution in [0.15, 0.2) is 79.1 Å². The van der Waals surface area contributed by atoms with E-state index in [9.17, 15) is 9.59 Å². The third-order valence-electron chi connectivity index (χ3n) is 4.36. The van der Waals surface area contributed by atoms with E-state index in [-0.39, 0.29) is 11.8 Å². The Balaban J connectivity index is 1.81. The highest BCUT2D eigenvalue weighted by molar-refractivity contribution is 6.08. The predicted molar refractivity (Wildman–Crippen MR) is 112 cm³/mol. The van der Waals surface area contributed by atoms with Crippen LogP contribution in [0.5, 0.6) is 0 Å². The van der Waals surface area contributed by atoms with E-state index in [4.69, 9.17) is 0 Å². The van der Waals surface area contributed by atoms with Gasteiger partial charge in [-0.25, -0.2) is 0 Å². The van der Waals surface area contributed by atoms with E-state index < -0.39 is 0 Å². The van der Waals surface area contributed by atoms with Crippen LogP contribution < -0.4 is 10.2 Å². The first kappa shape index (κ1) is 19.3. The Hall–Kier alpha value is -3.47. The van der Waals surface area contributed by atoms with Crippen molar-refractivity contribution in [3.63, 3.8) is 0 Å². The first-order valence-corrected chi connectivity index (χ1v) is 9.37. The Morgan fingerprint density at radius 2 is 1.68 bits per heavy atom. The molecule has 1 heterocycles. The van der Waals surface area contributed by atoms with Gasteiger partial charge in [0, 0.05) is 41.4 Å². The Bertz CT molecular complexity index is 927. The number of nitrogens with zero attached hydrogens (tertiary/aromatic N) is 2. The van der Waals surface area contributed by atoms with Crippen LogP contribution in [-0.4, -0.2) is 23.3 Å². The molecule has 0 fully saturated rings. The van der Waals surface area contributed by atoms with Crippen molar-refractivity contribution < 1.29 is 9.59 Å². The number of amides is 2. The van der Waals surface area contributed by atoms with Crippen molar-refractivity contribution >= 4 is 23.2 Å². The number of carbonyl (C=O) groups is 2. The van der Waals surface area contributed by atoms with Crippen molar-refractivity contribution in [1.29, 1.82) is 0 Å². The molecule has 0 aliphatic heterocycles. The quantitative estimate of drug-likeness (QED) is 0.648. The molecule has 5 nitrogen and oxygen atoms in total. The van der Waals surface area contributed by atoms with Crippen molar-refractivity contribution in [1.82, 2.24) is 4.98 Å². The predicted octanol–water partition coefficient (Wildman–Crippen LogP) is 4.78. The standard InChI is InChI=1S/C23H23N3O2/c1-2-3-16-26(21-10-5-4-6-11-21)23(28)19-8-7-9-20(17-19)25-22(27)18-12-14-24-15-13-18/h4-15,17H,2-3,16H2,1H3,(H,25,27). The summed E-state index contributed by atoms with van der Waals surface area (Å²) in [5.41, 5.74) is 2.50. The van der Waals surface area contributed by atoms with Gasteiger partial charge in [-0.15, -0.1) is 0 Å². The van der Waals surface area contributed by atoms with Crippen molar-refractivity contribution in [3.8, 4) is 0 Å². The van der Waals surface area contributed by atoms with Crippen LogP contribution in [0.1, 0.15) is 40.5 Å². The zero-order chi connectivity index (χ0) is 19.8. The molecular formula is C23H23N3O2. The Morgan fingerprint density at radius 3 is 2.39 bits per heavy atom. The summed E-state index contributed by atoms with van der Waals surface area (Å²) in [5, 5.41) is 2.84. The Morgan fingerprint density at radius 1 is 0.929 bits per heavy atom. The summed E-state index contributed by atoms with van der Waals surface area (Å²) >= 11 is 0. The van der Waals surface area contributed by atoms with E-state index in [0.29, 0.717) is 23.4 Å². The molecule has 0 saturated carbocycles. The minimum atomic E-state index is -0.238. The average molecular weight is 373 g/mol. The molecule has 0 atom stereocenters. The van der Waals surface area contributed by atoms with E-state index in [2.05, 4.69) is 17.2 Å². The molecule has 0 bridgehead atoms. The number of carbonyl (C=O) groups excluding carboxylic acids is 2. The van der Waals surface area contributed by atoms with Crippen molar-refractivity contribution in [3.05, 3.63) is 90.3 Å². The van der Waals surface area contributed by atoms with E-state index in [0.717, 1.165) is 18.5 Å². The third-order valence-corrected chi connectivity index (χ3v) is 4.36. The van der Waals surface area contributed by atoms with Gasteiger partial charge in [0.05, 0.1) is 0 Å². The van der Waals surface area contributed by atoms with Gasteiger partial charge in [0.15, 0.2) is 0 Å². The second-order valence-corrected chi connectivity index (χ2v) is 6.42. The normalized spacial score (nSPS) is 10.3. The van der Waals surface area contributed by atoms with Crippen LogP contribution >= 0.6 is 0 Å². The SMILES string of the molecule is CCCCN(C(=O)c1cccc(NC(=O)c2ccncc2)c1)c1ccccc1. The fourth-order valence-corrected chi connectivity index (χ4v) is 2.86. The zero-order valence-corrected chi connectivity index (χ0v) is 15.8. The molecule has 0 unspecified atom stereocenters. The summed E-state index contributed by atoms with van der Waals surface area (Å²) in [6, 6.07) is 20.0. The number of pyridine rings is 1. The van der Waals surface area contributed by atoms with Gasteiger partial charge in [0.2, 0.25) is 0 Å². The second kappa shape index (κ2) is 9.46. The van der Waals surface area contributed by atoms with Crippen LogP contribution in [0.2, 0.25) is 0 Å². The van der Waals surface area contributed by atoms with E-state index in [1.165, 1.54) is 0 Å². The number of para-hydroxylation sites is 1. The average Bonchev–Trinajstić information content (AvgIpc) is 2.75. The van der Waals surface area contributed by atoms with E-state index in [1.807, 2.05) is 30.3 Å². The lowest BCUT2D eigenvalue weighted by Crippen LogP contribution is -2.32. The minimum Gasteiger partial charge on any atom is -0.322 e. The maximum Gasteiger partial charge on any atom is 0.258 e. The highest BCUT2D eigenvalue weighted by Crippen LogP contribution is 2.20. The summed E-state index contributed by atoms with van der Waals surface area (Å²) < 4.78 is 0. The molecule has 3 aromatic rings. The molecule has 2 amide bonds. The summed E-state index contributed by atoms with van der Waals surface area (Å²) in [6.07, 6.45) is 5.05. The Kier molecular flexibility index (Phi) is 6.52. The Labute approximate surface area is 165 Å². The van der Waals surface area contributed by atoms with Crippen molar-refractivity contribution in [2.24, 2.45) is 0 Å². The summed E-state index contributed by atoms with van der Waals surface area (Å²) in [5.74, 6) is -0.322. The van der Waals surface area contributed by atoms with Crippen molar-refractivity contribution in [2.45, 2.75) is 19.8 Å². The molecule has 0 radical (unpaired) electrons. The maximum atomic E-state index is 13.2. The number of hydrogen-bond donors (Lipinski definition) is 1. The van der Waals surface area contributed by atoms with Gasteiger partial charge in [0.1, 0.15) is 0 Å². The lowest BCUT2D eigenvalue weighted by atomic mass is 10.1. The highest BCUT2D eigenvalue weighted by atomic mass is 16.2. The van der Waals surface area contributed by atoms with Gasteiger partial charge >= 0.3 is 0 Å². The first-order valence-electron chi connectivity index (χ1n) is 9.37. The van der Waals surface area contributed by atoms with Crippen LogP contribution in [0.3, 0.4) is 0 Å². The van der Waals surface area contributed by atoms with E-state index in [1.54, 1.807) is 53.7 Å². The zero-order valence-electron chi connectivity index (χ0n) is 15.8. The molecule has 5 heteroatoms. The lowest BCUT2D eigenvalue weighted by molar-refractivity contribution is 0.0984. The fraction of sp³-hybridized carbons (Fsp3) is 0.174. The monoisotopic (exact) mass is 373 g/mol. The number of rotatable bonds is 7. The highest BCUT2D eigenvalue weighted by Gasteiger charge is 2.18. The maximum absolute atomic E-state index is 13.2. The molecule has 0 aliphatic rings. The minimum absolute atomic E-state index is 0.0836. The first-order chi connectivity index (χ1) is 13.7. The second-order valence-electron chi connectivity index (χ2n) is 6.42. The van der Waals surface area contributed by atoms with Gasteiger partial charge in [-0.05, 0) is 48.9 Å². The topological polar surface area (TPSA) is 62.3 Å². The third kappa shape index (κ3) is 4.82. The van der Waals surface area contributed by atoms with Crippen molar-refractivity contribution in [2.75, 3.05) is 16.8 Å². The molecule has 0 spiro atoms. The number of unbranched alkanes of at least 4 members (excludes halogenated alkanes) is 1. The van der Waals surface area contributed by atoms with Gasteiger partial charge in [0.25, 0.3) is 11.8 Å². The number of benzene rings is 2. The van der Waals surface area contributed by atoms with E-state index >= 15 is 0 Å². The molecule has 3 rings (SSSR count). The molecule has 0 saturated heterocycles. The number of hydrogen-bond acceptors (Lipinski definition) is 3. The number of anilines is 2. The van der Waals surface area contributed by atoms with Crippen LogP contribution in [0.25, 0.3) is 0 Å². The fourth-order valence-electron chi connectivity index (χ4n) is 2.86. The van der Waals surface area contributed by atoms with Crippen LogP contribution in [0, 0.1) is 0 Å². The number of nitrogens with one attached hydrogen (secondary N) is 1. The molecular weight excluding hydrogens is 350 g/mol.